The fourth-order valence-corrected chi connectivity index (χ4v) is 5.62. The molecule has 0 heterocycles. The third-order valence-corrected chi connectivity index (χ3v) is 7.25. The summed E-state index contributed by atoms with van der Waals surface area (Å²) in [5.74, 6) is -0.0858. The lowest BCUT2D eigenvalue weighted by atomic mass is 9.98. The summed E-state index contributed by atoms with van der Waals surface area (Å²) in [6.45, 7) is 3.39. The van der Waals surface area contributed by atoms with E-state index in [1.54, 1.807) is 38.1 Å². The molecule has 0 radical (unpaired) electrons. The highest BCUT2D eigenvalue weighted by molar-refractivity contribution is 7.90. The maximum absolute atomic E-state index is 12.8. The van der Waals surface area contributed by atoms with E-state index >= 15 is 0 Å². The number of aliphatic hydroxyl groups is 1. The van der Waals surface area contributed by atoms with Crippen molar-refractivity contribution in [3.63, 3.8) is 0 Å². The number of hydrogen-bond donors (Lipinski definition) is 4. The Morgan fingerprint density at radius 1 is 1.07 bits per heavy atom. The molecule has 160 valence electrons. The normalized spacial score (nSPS) is 17.2. The van der Waals surface area contributed by atoms with Crippen molar-refractivity contribution in [3.8, 4) is 0 Å². The van der Waals surface area contributed by atoms with Crippen LogP contribution >= 0.6 is 0 Å². The number of hydrogen-bond acceptors (Lipinski definition) is 4. The topological polar surface area (TPSA) is 102 Å². The standard InChI is InChI=1S/C23H29N3O3S/c1-23(2,28)18-11-9-15(10-12-18)14-30(24,29)26-22(27)25-21-19-7-3-5-16(19)13-17-6-4-8-20(17)21/h9-13,28H,3-8,14H2,1-2H3,(H3,24,25,26,27,29)/t30-/m1/s1. The van der Waals surface area contributed by atoms with Crippen LogP contribution in [0.25, 0.3) is 0 Å². The Labute approximate surface area is 178 Å². The summed E-state index contributed by atoms with van der Waals surface area (Å²) in [5.41, 5.74) is 6.34. The Balaban J connectivity index is 1.47. The predicted molar refractivity (Wildman–Crippen MR) is 119 cm³/mol. The van der Waals surface area contributed by atoms with Crippen LogP contribution in [0.2, 0.25) is 0 Å². The van der Waals surface area contributed by atoms with Gasteiger partial charge in [-0.15, -0.1) is 0 Å². The van der Waals surface area contributed by atoms with Gasteiger partial charge in [0.25, 0.3) is 0 Å². The summed E-state index contributed by atoms with van der Waals surface area (Å²) >= 11 is 0. The largest absolute Gasteiger partial charge is 0.386 e. The van der Waals surface area contributed by atoms with Gasteiger partial charge in [0.05, 0.1) is 11.4 Å². The number of rotatable bonds is 5. The van der Waals surface area contributed by atoms with Crippen molar-refractivity contribution in [2.24, 2.45) is 0 Å². The average Bonchev–Trinajstić information content (AvgIpc) is 3.29. The Hall–Kier alpha value is -2.38. The number of carbonyl (C=O) groups excluding carboxylic acids is 1. The van der Waals surface area contributed by atoms with Gasteiger partial charge in [-0.25, -0.2) is 13.8 Å². The Morgan fingerprint density at radius 2 is 1.63 bits per heavy atom. The van der Waals surface area contributed by atoms with Crippen molar-refractivity contribution < 1.29 is 14.1 Å². The molecular formula is C23H29N3O3S. The van der Waals surface area contributed by atoms with Crippen LogP contribution in [0.5, 0.6) is 0 Å². The molecule has 1 atom stereocenters. The van der Waals surface area contributed by atoms with E-state index in [1.807, 2.05) is 0 Å². The Morgan fingerprint density at radius 3 is 2.17 bits per heavy atom. The number of anilines is 1. The van der Waals surface area contributed by atoms with Gasteiger partial charge in [-0.1, -0.05) is 30.3 Å². The second kappa shape index (κ2) is 7.71. The molecule has 30 heavy (non-hydrogen) atoms. The quantitative estimate of drug-likeness (QED) is 0.576. The van der Waals surface area contributed by atoms with Gasteiger partial charge in [0.1, 0.15) is 9.92 Å². The van der Waals surface area contributed by atoms with Crippen molar-refractivity contribution in [2.45, 2.75) is 63.7 Å². The van der Waals surface area contributed by atoms with Crippen LogP contribution in [0, 0.1) is 4.78 Å². The Bertz CT molecular complexity index is 1050. The summed E-state index contributed by atoms with van der Waals surface area (Å²) in [4.78, 5) is 12.6. The first kappa shape index (κ1) is 20.9. The van der Waals surface area contributed by atoms with Crippen molar-refractivity contribution in [1.82, 2.24) is 4.72 Å². The van der Waals surface area contributed by atoms with E-state index in [1.165, 1.54) is 22.3 Å². The van der Waals surface area contributed by atoms with Gasteiger partial charge in [-0.3, -0.25) is 4.72 Å². The van der Waals surface area contributed by atoms with E-state index in [0.29, 0.717) is 5.56 Å². The lowest BCUT2D eigenvalue weighted by Crippen LogP contribution is -2.35. The lowest BCUT2D eigenvalue weighted by molar-refractivity contribution is 0.0786. The number of benzene rings is 2. The smallest absolute Gasteiger partial charge is 0.331 e. The van der Waals surface area contributed by atoms with Crippen molar-refractivity contribution in [3.05, 3.63) is 63.7 Å². The molecule has 0 aliphatic heterocycles. The SMILES string of the molecule is CC(C)(O)c1ccc(C[S@](=N)(=O)NC(=O)Nc2c3c(cc4c2CCC4)CCC3)cc1. The monoisotopic (exact) mass is 427 g/mol. The van der Waals surface area contributed by atoms with Gasteiger partial charge in [0.15, 0.2) is 0 Å². The molecule has 0 saturated carbocycles. The molecule has 4 rings (SSSR count). The summed E-state index contributed by atoms with van der Waals surface area (Å²) in [6, 6.07) is 8.68. The fraction of sp³-hybridized carbons (Fsp3) is 0.435. The first-order valence-corrected chi connectivity index (χ1v) is 12.2. The van der Waals surface area contributed by atoms with Gasteiger partial charge in [-0.2, -0.15) is 0 Å². The molecule has 0 aromatic heterocycles. The number of nitrogens with one attached hydrogen (secondary N) is 3. The van der Waals surface area contributed by atoms with Crippen LogP contribution in [0.1, 0.15) is 60.1 Å². The predicted octanol–water partition coefficient (Wildman–Crippen LogP) is 4.17. The summed E-state index contributed by atoms with van der Waals surface area (Å²) in [5, 5.41) is 13.0. The summed E-state index contributed by atoms with van der Waals surface area (Å²) in [7, 11) is -3.35. The molecule has 2 aromatic carbocycles. The first-order valence-electron chi connectivity index (χ1n) is 10.5. The molecule has 2 amide bonds. The van der Waals surface area contributed by atoms with E-state index in [4.69, 9.17) is 4.78 Å². The third-order valence-electron chi connectivity index (χ3n) is 6.00. The maximum Gasteiger partial charge on any atom is 0.331 e. The first-order chi connectivity index (χ1) is 14.1. The van der Waals surface area contributed by atoms with Crippen LogP contribution in [0.15, 0.2) is 30.3 Å². The zero-order valence-corrected chi connectivity index (χ0v) is 18.3. The molecule has 6 nitrogen and oxygen atoms in total. The lowest BCUT2D eigenvalue weighted by Gasteiger charge is -2.18. The number of fused-ring (bicyclic) bond motifs is 2. The second-order valence-electron chi connectivity index (χ2n) is 8.87. The van der Waals surface area contributed by atoms with Gasteiger partial charge in [-0.05, 0) is 85.8 Å². The maximum atomic E-state index is 12.8. The second-order valence-corrected chi connectivity index (χ2v) is 10.7. The van der Waals surface area contributed by atoms with Crippen LogP contribution < -0.4 is 10.0 Å². The zero-order valence-electron chi connectivity index (χ0n) is 17.5. The minimum Gasteiger partial charge on any atom is -0.386 e. The van der Waals surface area contributed by atoms with E-state index < -0.39 is 21.5 Å². The molecule has 0 spiro atoms. The molecule has 0 unspecified atom stereocenters. The molecule has 0 fully saturated rings. The minimum absolute atomic E-state index is 0.0858. The van der Waals surface area contributed by atoms with E-state index in [2.05, 4.69) is 16.1 Å². The summed E-state index contributed by atoms with van der Waals surface area (Å²) < 4.78 is 23.3. The number of amides is 2. The van der Waals surface area contributed by atoms with Crippen LogP contribution in [-0.4, -0.2) is 15.3 Å². The number of carbonyl (C=O) groups is 1. The molecule has 0 saturated heterocycles. The molecule has 2 aliphatic rings. The highest BCUT2D eigenvalue weighted by Crippen LogP contribution is 2.38. The highest BCUT2D eigenvalue weighted by Gasteiger charge is 2.25. The third kappa shape index (κ3) is 4.37. The minimum atomic E-state index is -3.35. The highest BCUT2D eigenvalue weighted by atomic mass is 32.2. The molecule has 7 heteroatoms. The molecule has 2 aromatic rings. The van der Waals surface area contributed by atoms with E-state index in [0.717, 1.165) is 49.8 Å². The van der Waals surface area contributed by atoms with Gasteiger partial charge >= 0.3 is 6.03 Å². The Kier molecular flexibility index (Phi) is 5.36. The summed E-state index contributed by atoms with van der Waals surface area (Å²) in [6.07, 6.45) is 6.14. The van der Waals surface area contributed by atoms with Gasteiger partial charge in [0, 0.05) is 5.69 Å². The van der Waals surface area contributed by atoms with Gasteiger partial charge in [0.2, 0.25) is 0 Å². The van der Waals surface area contributed by atoms with Crippen molar-refractivity contribution >= 4 is 21.6 Å². The fourth-order valence-electron chi connectivity index (χ4n) is 4.54. The molecule has 0 bridgehead atoms. The zero-order chi connectivity index (χ0) is 21.5. The number of aryl methyl sites for hydroxylation is 2. The van der Waals surface area contributed by atoms with Crippen molar-refractivity contribution in [2.75, 3.05) is 5.32 Å². The number of urea groups is 1. The molecular weight excluding hydrogens is 398 g/mol. The molecule has 4 N–H and O–H groups in total. The van der Waals surface area contributed by atoms with Crippen LogP contribution in [0.4, 0.5) is 10.5 Å². The van der Waals surface area contributed by atoms with Crippen molar-refractivity contribution in [1.29, 1.82) is 4.78 Å². The van der Waals surface area contributed by atoms with E-state index in [9.17, 15) is 14.1 Å². The van der Waals surface area contributed by atoms with Crippen LogP contribution in [-0.2, 0) is 47.0 Å². The van der Waals surface area contributed by atoms with E-state index in [-0.39, 0.29) is 5.75 Å². The molecule has 2 aliphatic carbocycles. The average molecular weight is 428 g/mol. The van der Waals surface area contributed by atoms with Crippen LogP contribution in [0.3, 0.4) is 0 Å². The van der Waals surface area contributed by atoms with Gasteiger partial charge < -0.3 is 10.4 Å².